The zero-order chi connectivity index (χ0) is 19.1. The molecular weight excluding hydrogens is 366 g/mol. The van der Waals surface area contributed by atoms with Gasteiger partial charge in [-0.25, -0.2) is 0 Å². The normalized spacial score (nSPS) is 21.4. The lowest BCUT2D eigenvalue weighted by Gasteiger charge is -2.28. The van der Waals surface area contributed by atoms with Crippen molar-refractivity contribution in [1.29, 1.82) is 5.26 Å². The maximum Gasteiger partial charge on any atom is 0.325 e. The molecule has 0 saturated heterocycles. The van der Waals surface area contributed by atoms with Crippen LogP contribution in [0.15, 0.2) is 12.1 Å². The van der Waals surface area contributed by atoms with Crippen LogP contribution in [0.2, 0.25) is 5.02 Å². The van der Waals surface area contributed by atoms with E-state index in [0.29, 0.717) is 5.69 Å². The van der Waals surface area contributed by atoms with Gasteiger partial charge < -0.3 is 14.4 Å². The van der Waals surface area contributed by atoms with Crippen molar-refractivity contribution in [3.63, 3.8) is 0 Å². The number of carbonyl (C=O) groups excluding carboxylic acids is 2. The summed E-state index contributed by atoms with van der Waals surface area (Å²) in [5, 5.41) is 21.2. The summed E-state index contributed by atoms with van der Waals surface area (Å²) in [4.78, 5) is 37.6. The molecule has 136 valence electrons. The monoisotopic (exact) mass is 379 g/mol. The van der Waals surface area contributed by atoms with Gasteiger partial charge in [0.15, 0.2) is 11.3 Å². The summed E-state index contributed by atoms with van der Waals surface area (Å²) in [5.41, 5.74) is -1.56. The predicted molar refractivity (Wildman–Crippen MR) is 88.6 cm³/mol. The Kier molecular flexibility index (Phi) is 4.46. The number of halogens is 1. The Morgan fingerprint density at radius 2 is 2.35 bits per heavy atom. The van der Waals surface area contributed by atoms with Gasteiger partial charge in [0.1, 0.15) is 12.4 Å². The molecule has 0 fully saturated rings. The first-order valence-electron chi connectivity index (χ1n) is 7.83. The molecule has 2 aliphatic rings. The molecular formula is C16H14ClN3O6. The second kappa shape index (κ2) is 6.46. The molecule has 0 radical (unpaired) electrons. The molecule has 1 amide bonds. The number of carbonyl (C=O) groups is 2. The van der Waals surface area contributed by atoms with E-state index >= 15 is 0 Å². The minimum Gasteiger partial charge on any atom is -0.489 e. The zero-order valence-corrected chi connectivity index (χ0v) is 14.5. The molecule has 3 rings (SSSR count). The number of esters is 1. The number of nitriles is 1. The van der Waals surface area contributed by atoms with Gasteiger partial charge in [0.2, 0.25) is 12.5 Å². The van der Waals surface area contributed by atoms with Crippen molar-refractivity contribution in [2.45, 2.75) is 12.3 Å². The van der Waals surface area contributed by atoms with E-state index in [2.05, 4.69) is 0 Å². The molecule has 1 aromatic rings. The van der Waals surface area contributed by atoms with Crippen LogP contribution in [0.4, 0.5) is 5.69 Å². The third kappa shape index (κ3) is 2.45. The Balaban J connectivity index is 2.30. The number of hydrogen-bond donors (Lipinski definition) is 0. The number of amides is 1. The van der Waals surface area contributed by atoms with E-state index in [9.17, 15) is 25.0 Å². The first kappa shape index (κ1) is 17.9. The molecule has 2 heterocycles. The minimum atomic E-state index is -2.02. The van der Waals surface area contributed by atoms with Crippen molar-refractivity contribution in [3.05, 3.63) is 32.8 Å². The van der Waals surface area contributed by atoms with Gasteiger partial charge in [0, 0.05) is 21.6 Å². The van der Waals surface area contributed by atoms with Crippen LogP contribution < -0.4 is 9.64 Å². The SMILES string of the molecule is CCOC(=O)C(C#N)C1(C[N+](=O)[O-])C(=O)N2CCOc3cc(Cl)cc1c32. The molecule has 0 aliphatic carbocycles. The van der Waals surface area contributed by atoms with Gasteiger partial charge in [0.05, 0.1) is 24.9 Å². The quantitative estimate of drug-likeness (QED) is 0.429. The summed E-state index contributed by atoms with van der Waals surface area (Å²) >= 11 is 6.10. The summed E-state index contributed by atoms with van der Waals surface area (Å²) in [7, 11) is 0. The van der Waals surface area contributed by atoms with Crippen LogP contribution in [0.5, 0.6) is 5.75 Å². The Morgan fingerprint density at radius 1 is 1.62 bits per heavy atom. The van der Waals surface area contributed by atoms with Gasteiger partial charge in [-0.15, -0.1) is 0 Å². The number of nitro groups is 1. The smallest absolute Gasteiger partial charge is 0.325 e. The molecule has 9 nitrogen and oxygen atoms in total. The predicted octanol–water partition coefficient (Wildman–Crippen LogP) is 1.30. The van der Waals surface area contributed by atoms with Crippen molar-refractivity contribution in [1.82, 2.24) is 0 Å². The Bertz CT molecular complexity index is 851. The van der Waals surface area contributed by atoms with Gasteiger partial charge in [-0.1, -0.05) is 11.6 Å². The van der Waals surface area contributed by atoms with Crippen LogP contribution in [0.25, 0.3) is 0 Å². The fraction of sp³-hybridized carbons (Fsp3) is 0.438. The topological polar surface area (TPSA) is 123 Å². The standard InChI is InChI=1S/C16H14ClN3O6/c1-2-25-14(21)11(7-18)16(8-20(23)24)10-5-9(17)6-12-13(10)19(15(16)22)3-4-26-12/h5-6,11H,2-4,8H2,1H3. The first-order valence-corrected chi connectivity index (χ1v) is 8.21. The van der Waals surface area contributed by atoms with Gasteiger partial charge in [0.25, 0.3) is 0 Å². The van der Waals surface area contributed by atoms with E-state index in [1.54, 1.807) is 13.0 Å². The average Bonchev–Trinajstić information content (AvgIpc) is 2.80. The van der Waals surface area contributed by atoms with Crippen LogP contribution >= 0.6 is 11.6 Å². The number of anilines is 1. The maximum atomic E-state index is 13.2. The molecule has 0 aromatic heterocycles. The van der Waals surface area contributed by atoms with E-state index < -0.39 is 34.7 Å². The summed E-state index contributed by atoms with van der Waals surface area (Å²) in [6.07, 6.45) is 0. The maximum absolute atomic E-state index is 13.2. The van der Waals surface area contributed by atoms with Gasteiger partial charge >= 0.3 is 5.97 Å². The van der Waals surface area contributed by atoms with Gasteiger partial charge in [-0.2, -0.15) is 5.26 Å². The number of benzene rings is 1. The van der Waals surface area contributed by atoms with Crippen molar-refractivity contribution in [2.75, 3.05) is 31.2 Å². The lowest BCUT2D eigenvalue weighted by Crippen LogP contribution is -2.53. The summed E-state index contributed by atoms with van der Waals surface area (Å²) in [6, 6.07) is 4.61. The van der Waals surface area contributed by atoms with E-state index in [4.69, 9.17) is 21.1 Å². The fourth-order valence-electron chi connectivity index (χ4n) is 3.54. The van der Waals surface area contributed by atoms with Crippen LogP contribution in [0.3, 0.4) is 0 Å². The van der Waals surface area contributed by atoms with Crippen molar-refractivity contribution < 1.29 is 24.0 Å². The molecule has 1 aromatic carbocycles. The molecule has 0 N–H and O–H groups in total. The van der Waals surface area contributed by atoms with E-state index in [0.717, 1.165) is 0 Å². The molecule has 2 aliphatic heterocycles. The summed E-state index contributed by atoms with van der Waals surface area (Å²) in [6.45, 7) is 0.900. The third-order valence-corrected chi connectivity index (χ3v) is 4.73. The number of hydrogen-bond acceptors (Lipinski definition) is 7. The second-order valence-corrected chi connectivity index (χ2v) is 6.32. The number of rotatable bonds is 5. The van der Waals surface area contributed by atoms with Crippen LogP contribution in [0.1, 0.15) is 12.5 Å². The lowest BCUT2D eigenvalue weighted by atomic mass is 9.71. The fourth-order valence-corrected chi connectivity index (χ4v) is 3.75. The zero-order valence-electron chi connectivity index (χ0n) is 13.7. The van der Waals surface area contributed by atoms with Crippen molar-refractivity contribution in [3.8, 4) is 11.8 Å². The molecule has 10 heteroatoms. The summed E-state index contributed by atoms with van der Waals surface area (Å²) in [5.74, 6) is -3.08. The van der Waals surface area contributed by atoms with E-state index in [1.165, 1.54) is 17.0 Å². The van der Waals surface area contributed by atoms with Gasteiger partial charge in [-0.3, -0.25) is 19.7 Å². The van der Waals surface area contributed by atoms with Crippen molar-refractivity contribution >= 4 is 29.2 Å². The third-order valence-electron chi connectivity index (χ3n) is 4.51. The van der Waals surface area contributed by atoms with Crippen LogP contribution in [0, 0.1) is 27.4 Å². The largest absolute Gasteiger partial charge is 0.489 e. The highest BCUT2D eigenvalue weighted by Crippen LogP contribution is 2.53. The first-order chi connectivity index (χ1) is 12.4. The Morgan fingerprint density at radius 3 is 2.96 bits per heavy atom. The highest BCUT2D eigenvalue weighted by Gasteiger charge is 2.63. The van der Waals surface area contributed by atoms with E-state index in [1.807, 2.05) is 0 Å². The summed E-state index contributed by atoms with van der Waals surface area (Å²) < 4.78 is 10.4. The molecule has 0 spiro atoms. The Labute approximate surface area is 153 Å². The minimum absolute atomic E-state index is 0.0276. The molecule has 26 heavy (non-hydrogen) atoms. The van der Waals surface area contributed by atoms with Crippen molar-refractivity contribution in [2.24, 2.45) is 5.92 Å². The number of nitrogens with zero attached hydrogens (tertiary/aromatic N) is 3. The van der Waals surface area contributed by atoms with Gasteiger partial charge in [-0.05, 0) is 13.0 Å². The number of ether oxygens (including phenoxy) is 2. The highest BCUT2D eigenvalue weighted by molar-refractivity contribution is 6.31. The second-order valence-electron chi connectivity index (χ2n) is 5.88. The highest BCUT2D eigenvalue weighted by atomic mass is 35.5. The molecule has 2 atom stereocenters. The lowest BCUT2D eigenvalue weighted by molar-refractivity contribution is -0.488. The molecule has 0 bridgehead atoms. The average molecular weight is 380 g/mol. The Hall–Kier alpha value is -2.86. The van der Waals surface area contributed by atoms with Crippen LogP contribution in [-0.2, 0) is 19.7 Å². The van der Waals surface area contributed by atoms with E-state index in [-0.39, 0.29) is 36.1 Å². The molecule has 2 unspecified atom stereocenters. The van der Waals surface area contributed by atoms with Crippen LogP contribution in [-0.4, -0.2) is 43.1 Å². The molecule has 0 saturated carbocycles.